The molecule has 6 nitrogen and oxygen atoms in total. The van der Waals surface area contributed by atoms with Crippen molar-refractivity contribution in [2.75, 3.05) is 39.4 Å². The molecule has 0 saturated carbocycles. The predicted octanol–water partition coefficient (Wildman–Crippen LogP) is 2.37. The number of furan rings is 1. The molecule has 1 N–H and O–H groups in total. The lowest BCUT2D eigenvalue weighted by molar-refractivity contribution is 0.0365. The number of pyridine rings is 1. The maximum atomic E-state index is 5.75. The van der Waals surface area contributed by atoms with Gasteiger partial charge in [0.1, 0.15) is 11.8 Å². The molecule has 0 amide bonds. The number of hydrogen-bond donors (Lipinski definition) is 1. The van der Waals surface area contributed by atoms with Gasteiger partial charge in [0.25, 0.3) is 0 Å². The molecule has 4 heterocycles. The summed E-state index contributed by atoms with van der Waals surface area (Å²) in [6, 6.07) is 9.94. The van der Waals surface area contributed by atoms with Gasteiger partial charge in [-0.2, -0.15) is 0 Å². The normalized spacial score (nSPS) is 24.0. The minimum atomic E-state index is -0.00163. The Balaban J connectivity index is 1.48. The van der Waals surface area contributed by atoms with Crippen molar-refractivity contribution in [1.82, 2.24) is 20.1 Å². The van der Waals surface area contributed by atoms with Crippen LogP contribution in [0.3, 0.4) is 0 Å². The molecule has 0 aliphatic carbocycles. The topological polar surface area (TPSA) is 53.8 Å². The number of nitrogens with zero attached hydrogens (tertiary/aromatic N) is 3. The Morgan fingerprint density at radius 3 is 2.77 bits per heavy atom. The Hall–Kier alpha value is -1.96. The molecule has 2 aromatic heterocycles. The third kappa shape index (κ3) is 3.75. The lowest BCUT2D eigenvalue weighted by Gasteiger charge is -2.29. The first kappa shape index (κ1) is 17.5. The van der Waals surface area contributed by atoms with Crippen LogP contribution >= 0.6 is 12.2 Å². The van der Waals surface area contributed by atoms with Crippen LogP contribution in [-0.4, -0.2) is 59.3 Å². The van der Waals surface area contributed by atoms with E-state index >= 15 is 0 Å². The van der Waals surface area contributed by atoms with Crippen molar-refractivity contribution >= 4 is 17.3 Å². The molecule has 26 heavy (non-hydrogen) atoms. The number of nitrogens with one attached hydrogen (secondary N) is 1. The molecular formula is C19H24N4O2S. The molecule has 2 aliphatic heterocycles. The van der Waals surface area contributed by atoms with Gasteiger partial charge >= 0.3 is 0 Å². The lowest BCUT2D eigenvalue weighted by atomic mass is 10.0. The molecule has 138 valence electrons. The van der Waals surface area contributed by atoms with E-state index in [1.54, 1.807) is 6.26 Å². The summed E-state index contributed by atoms with van der Waals surface area (Å²) in [5.74, 6) is 0.916. The number of morpholine rings is 1. The van der Waals surface area contributed by atoms with Gasteiger partial charge in [-0.1, -0.05) is 6.07 Å². The Bertz CT molecular complexity index is 704. The number of rotatable bonds is 6. The van der Waals surface area contributed by atoms with E-state index in [4.69, 9.17) is 21.4 Å². The lowest BCUT2D eigenvalue weighted by Crippen LogP contribution is -2.38. The minimum Gasteiger partial charge on any atom is -0.467 e. The smallest absolute Gasteiger partial charge is 0.170 e. The van der Waals surface area contributed by atoms with Crippen LogP contribution in [0.4, 0.5) is 0 Å². The van der Waals surface area contributed by atoms with Gasteiger partial charge in [0.05, 0.1) is 31.2 Å². The molecule has 0 spiro atoms. The van der Waals surface area contributed by atoms with Crippen molar-refractivity contribution in [2.24, 2.45) is 0 Å². The van der Waals surface area contributed by atoms with Gasteiger partial charge in [0.2, 0.25) is 0 Å². The molecule has 0 bridgehead atoms. The minimum absolute atomic E-state index is 0.00163. The Morgan fingerprint density at radius 2 is 2.04 bits per heavy atom. The zero-order valence-corrected chi connectivity index (χ0v) is 15.5. The summed E-state index contributed by atoms with van der Waals surface area (Å²) < 4.78 is 11.2. The summed E-state index contributed by atoms with van der Waals surface area (Å²) in [4.78, 5) is 9.23. The van der Waals surface area contributed by atoms with Crippen molar-refractivity contribution in [2.45, 2.75) is 18.5 Å². The number of ether oxygens (including phenoxy) is 1. The molecule has 2 saturated heterocycles. The summed E-state index contributed by atoms with van der Waals surface area (Å²) in [7, 11) is 0. The van der Waals surface area contributed by atoms with E-state index in [1.165, 1.54) is 0 Å². The van der Waals surface area contributed by atoms with Crippen molar-refractivity contribution in [3.63, 3.8) is 0 Å². The van der Waals surface area contributed by atoms with E-state index < -0.39 is 0 Å². The fourth-order valence-corrected chi connectivity index (χ4v) is 4.04. The van der Waals surface area contributed by atoms with E-state index in [9.17, 15) is 0 Å². The van der Waals surface area contributed by atoms with E-state index in [0.29, 0.717) is 0 Å². The van der Waals surface area contributed by atoms with Gasteiger partial charge in [0, 0.05) is 32.4 Å². The molecule has 2 aliphatic rings. The molecular weight excluding hydrogens is 348 g/mol. The van der Waals surface area contributed by atoms with Crippen LogP contribution in [0.1, 0.15) is 30.0 Å². The van der Waals surface area contributed by atoms with Gasteiger partial charge < -0.3 is 19.4 Å². The molecule has 2 fully saturated rings. The molecule has 2 aromatic rings. The van der Waals surface area contributed by atoms with Crippen molar-refractivity contribution in [1.29, 1.82) is 0 Å². The SMILES string of the molecule is S=C1N[C@H](c2ccccn2)[C@H](c2ccco2)N1CCCN1CCOCC1. The molecule has 7 heteroatoms. The van der Waals surface area contributed by atoms with Gasteiger partial charge in [-0.25, -0.2) is 0 Å². The standard InChI is InChI=1S/C19H24N4O2S/c26-19-21-17(15-5-1-2-7-20-15)18(16-6-3-12-25-16)23(19)9-4-8-22-10-13-24-14-11-22/h1-3,5-7,12,17-18H,4,8-11,13-14H2,(H,21,26)/t17-,18+/m1/s1. The first-order chi connectivity index (χ1) is 12.8. The first-order valence-electron chi connectivity index (χ1n) is 9.14. The van der Waals surface area contributed by atoms with E-state index in [-0.39, 0.29) is 12.1 Å². The second kappa shape index (κ2) is 8.16. The third-order valence-corrected chi connectivity index (χ3v) is 5.36. The van der Waals surface area contributed by atoms with Crippen LogP contribution in [0, 0.1) is 0 Å². The average Bonchev–Trinajstić information content (AvgIpc) is 3.32. The number of aromatic nitrogens is 1. The van der Waals surface area contributed by atoms with Gasteiger partial charge in [-0.3, -0.25) is 9.88 Å². The maximum Gasteiger partial charge on any atom is 0.170 e. The fraction of sp³-hybridized carbons (Fsp3) is 0.474. The Morgan fingerprint density at radius 1 is 1.15 bits per heavy atom. The van der Waals surface area contributed by atoms with Gasteiger partial charge in [-0.05, 0) is 42.9 Å². The van der Waals surface area contributed by atoms with Crippen LogP contribution in [0.5, 0.6) is 0 Å². The zero-order valence-electron chi connectivity index (χ0n) is 14.7. The zero-order chi connectivity index (χ0) is 17.8. The third-order valence-electron chi connectivity index (χ3n) is 5.01. The number of thiocarbonyl (C=S) groups is 1. The number of hydrogen-bond acceptors (Lipinski definition) is 5. The Kier molecular flexibility index (Phi) is 5.48. The highest BCUT2D eigenvalue weighted by molar-refractivity contribution is 7.80. The highest BCUT2D eigenvalue weighted by Gasteiger charge is 2.41. The van der Waals surface area contributed by atoms with Gasteiger partial charge in [0.15, 0.2) is 5.11 Å². The summed E-state index contributed by atoms with van der Waals surface area (Å²) in [5, 5.41) is 4.22. The molecule has 4 rings (SSSR count). The maximum absolute atomic E-state index is 5.75. The van der Waals surface area contributed by atoms with Gasteiger partial charge in [-0.15, -0.1) is 0 Å². The van der Waals surface area contributed by atoms with Crippen molar-refractivity contribution in [3.05, 3.63) is 54.2 Å². The van der Waals surface area contributed by atoms with Crippen LogP contribution in [0.15, 0.2) is 47.2 Å². The van der Waals surface area contributed by atoms with Crippen LogP contribution < -0.4 is 5.32 Å². The molecule has 0 aromatic carbocycles. The summed E-state index contributed by atoms with van der Waals surface area (Å²) in [6.07, 6.45) is 4.59. The van der Waals surface area contributed by atoms with E-state index in [0.717, 1.165) is 62.4 Å². The highest BCUT2D eigenvalue weighted by atomic mass is 32.1. The van der Waals surface area contributed by atoms with Crippen LogP contribution in [0.2, 0.25) is 0 Å². The monoisotopic (exact) mass is 372 g/mol. The van der Waals surface area contributed by atoms with Crippen molar-refractivity contribution in [3.8, 4) is 0 Å². The van der Waals surface area contributed by atoms with Crippen LogP contribution in [0.25, 0.3) is 0 Å². The largest absolute Gasteiger partial charge is 0.467 e. The van der Waals surface area contributed by atoms with E-state index in [1.807, 2.05) is 36.5 Å². The van der Waals surface area contributed by atoms with Crippen molar-refractivity contribution < 1.29 is 9.15 Å². The summed E-state index contributed by atoms with van der Waals surface area (Å²) >= 11 is 5.65. The summed E-state index contributed by atoms with van der Waals surface area (Å²) in [5.41, 5.74) is 0.979. The average molecular weight is 372 g/mol. The summed E-state index contributed by atoms with van der Waals surface area (Å²) in [6.45, 7) is 5.64. The quantitative estimate of drug-likeness (QED) is 0.781. The molecule has 0 radical (unpaired) electrons. The molecule has 0 unspecified atom stereocenters. The van der Waals surface area contributed by atoms with Crippen LogP contribution in [-0.2, 0) is 4.74 Å². The second-order valence-corrected chi connectivity index (χ2v) is 7.03. The van der Waals surface area contributed by atoms with E-state index in [2.05, 4.69) is 20.1 Å². The molecule has 2 atom stereocenters. The fourth-order valence-electron chi connectivity index (χ4n) is 3.70. The Labute approximate surface area is 159 Å². The predicted molar refractivity (Wildman–Crippen MR) is 103 cm³/mol. The highest BCUT2D eigenvalue weighted by Crippen LogP contribution is 2.38. The second-order valence-electron chi connectivity index (χ2n) is 6.64. The first-order valence-corrected chi connectivity index (χ1v) is 9.55.